The molecule has 1 aliphatic rings. The summed E-state index contributed by atoms with van der Waals surface area (Å²) in [5.74, 6) is -0.216. The van der Waals surface area contributed by atoms with E-state index in [0.29, 0.717) is 23.2 Å². The summed E-state index contributed by atoms with van der Waals surface area (Å²) >= 11 is 11.9. The highest BCUT2D eigenvalue weighted by atomic mass is 35.5. The number of benzene rings is 1. The highest BCUT2D eigenvalue weighted by Crippen LogP contribution is 2.24. The Hall–Kier alpha value is -1.03. The molecule has 0 N–H and O–H groups in total. The number of rotatable bonds is 4. The molecule has 1 aromatic rings. The fourth-order valence-corrected chi connectivity index (χ4v) is 2.53. The second-order valence-corrected chi connectivity index (χ2v) is 5.51. The van der Waals surface area contributed by atoms with Gasteiger partial charge in [-0.05, 0) is 31.0 Å². The zero-order valence-electron chi connectivity index (χ0n) is 11.4. The monoisotopic (exact) mass is 313 g/mol. The molecule has 0 unspecified atom stereocenters. The van der Waals surface area contributed by atoms with E-state index >= 15 is 0 Å². The smallest absolute Gasteiger partial charge is 0.334 e. The van der Waals surface area contributed by atoms with Crippen LogP contribution < -0.4 is 0 Å². The van der Waals surface area contributed by atoms with Crippen LogP contribution in [0.25, 0.3) is 0 Å². The summed E-state index contributed by atoms with van der Waals surface area (Å²) in [6.45, 7) is 4.49. The Bertz CT molecular complexity index is 529. The van der Waals surface area contributed by atoms with E-state index in [1.54, 1.807) is 6.07 Å². The molecule has 0 radical (unpaired) electrons. The number of carbonyl (C=O) groups excluding carboxylic acids is 1. The van der Waals surface area contributed by atoms with E-state index in [-0.39, 0.29) is 5.97 Å². The van der Waals surface area contributed by atoms with Gasteiger partial charge < -0.3 is 4.74 Å². The van der Waals surface area contributed by atoms with Crippen molar-refractivity contribution in [2.75, 3.05) is 19.7 Å². The Morgan fingerprint density at radius 2 is 2.15 bits per heavy atom. The molecule has 2 rings (SSSR count). The predicted octanol–water partition coefficient (Wildman–Crippen LogP) is 3.69. The minimum Gasteiger partial charge on any atom is -0.463 e. The zero-order chi connectivity index (χ0) is 14.5. The van der Waals surface area contributed by atoms with E-state index in [1.165, 1.54) is 0 Å². The summed E-state index contributed by atoms with van der Waals surface area (Å²) in [5.41, 5.74) is 1.82. The summed E-state index contributed by atoms with van der Waals surface area (Å²) in [6, 6.07) is 5.62. The van der Waals surface area contributed by atoms with Crippen molar-refractivity contribution < 1.29 is 9.53 Å². The lowest BCUT2D eigenvalue weighted by molar-refractivity contribution is -0.138. The fraction of sp³-hybridized carbons (Fsp3) is 0.400. The molecule has 1 aromatic carbocycles. The van der Waals surface area contributed by atoms with Gasteiger partial charge in [0.15, 0.2) is 0 Å². The predicted molar refractivity (Wildman–Crippen MR) is 81.1 cm³/mol. The highest BCUT2D eigenvalue weighted by molar-refractivity contribution is 6.42. The van der Waals surface area contributed by atoms with Gasteiger partial charge in [0, 0.05) is 25.2 Å². The van der Waals surface area contributed by atoms with E-state index in [2.05, 4.69) is 4.90 Å². The zero-order valence-corrected chi connectivity index (χ0v) is 12.9. The van der Waals surface area contributed by atoms with Gasteiger partial charge >= 0.3 is 5.97 Å². The maximum Gasteiger partial charge on any atom is 0.334 e. The molecule has 5 heteroatoms. The van der Waals surface area contributed by atoms with Crippen LogP contribution in [0, 0.1) is 0 Å². The van der Waals surface area contributed by atoms with E-state index < -0.39 is 0 Å². The molecule has 0 amide bonds. The van der Waals surface area contributed by atoms with E-state index in [4.69, 9.17) is 27.9 Å². The van der Waals surface area contributed by atoms with Crippen LogP contribution in [-0.4, -0.2) is 30.6 Å². The van der Waals surface area contributed by atoms with E-state index in [9.17, 15) is 4.79 Å². The van der Waals surface area contributed by atoms with Crippen molar-refractivity contribution in [3.8, 4) is 0 Å². The quantitative estimate of drug-likeness (QED) is 0.794. The summed E-state index contributed by atoms with van der Waals surface area (Å²) < 4.78 is 5.04. The van der Waals surface area contributed by atoms with Gasteiger partial charge in [-0.1, -0.05) is 35.3 Å². The summed E-state index contributed by atoms with van der Waals surface area (Å²) in [7, 11) is 0. The number of carbonyl (C=O) groups is 1. The highest BCUT2D eigenvalue weighted by Gasteiger charge is 2.19. The van der Waals surface area contributed by atoms with Gasteiger partial charge in [0.1, 0.15) is 0 Å². The third-order valence-corrected chi connectivity index (χ3v) is 3.90. The average molecular weight is 314 g/mol. The molecule has 0 bridgehead atoms. The molecular weight excluding hydrogens is 297 g/mol. The van der Waals surface area contributed by atoms with Crippen molar-refractivity contribution in [2.24, 2.45) is 0 Å². The Morgan fingerprint density at radius 3 is 2.85 bits per heavy atom. The van der Waals surface area contributed by atoms with Crippen molar-refractivity contribution in [1.82, 2.24) is 4.90 Å². The number of ether oxygens (including phenoxy) is 1. The van der Waals surface area contributed by atoms with Crippen molar-refractivity contribution in [3.05, 3.63) is 45.5 Å². The van der Waals surface area contributed by atoms with E-state index in [1.807, 2.05) is 25.1 Å². The Labute approximate surface area is 129 Å². The first-order chi connectivity index (χ1) is 9.60. The maximum atomic E-state index is 11.7. The molecule has 0 aliphatic carbocycles. The molecule has 0 aromatic heterocycles. The number of hydrogen-bond acceptors (Lipinski definition) is 3. The molecule has 20 heavy (non-hydrogen) atoms. The Kier molecular flexibility index (Phi) is 5.46. The average Bonchev–Trinajstić information content (AvgIpc) is 2.43. The number of hydrogen-bond donors (Lipinski definition) is 0. The normalized spacial score (nSPS) is 15.8. The molecular formula is C15H17Cl2NO2. The molecule has 0 atom stereocenters. The maximum absolute atomic E-state index is 11.7. The first-order valence-electron chi connectivity index (χ1n) is 6.62. The van der Waals surface area contributed by atoms with Crippen LogP contribution in [0.4, 0.5) is 0 Å². The minimum absolute atomic E-state index is 0.216. The van der Waals surface area contributed by atoms with Gasteiger partial charge in [0.2, 0.25) is 0 Å². The first-order valence-corrected chi connectivity index (χ1v) is 7.38. The molecule has 1 aliphatic heterocycles. The lowest BCUT2D eigenvalue weighted by Crippen LogP contribution is -2.32. The van der Waals surface area contributed by atoms with Gasteiger partial charge in [0.25, 0.3) is 0 Å². The van der Waals surface area contributed by atoms with Gasteiger partial charge in [-0.15, -0.1) is 0 Å². The SMILES string of the molecule is CCOC(=O)C1=CCCN(Cc2ccc(Cl)c(Cl)c2)C1. The van der Waals surface area contributed by atoms with Crippen LogP contribution in [0.1, 0.15) is 18.9 Å². The third-order valence-electron chi connectivity index (χ3n) is 3.16. The fourth-order valence-electron chi connectivity index (χ4n) is 2.21. The molecule has 1 heterocycles. The summed E-state index contributed by atoms with van der Waals surface area (Å²) in [6.07, 6.45) is 2.82. The molecule has 3 nitrogen and oxygen atoms in total. The molecule has 0 saturated carbocycles. The lowest BCUT2D eigenvalue weighted by atomic mass is 10.1. The number of esters is 1. The van der Waals surface area contributed by atoms with Gasteiger partial charge in [-0.2, -0.15) is 0 Å². The molecule has 0 saturated heterocycles. The van der Waals surface area contributed by atoms with Crippen LogP contribution in [0.3, 0.4) is 0 Å². The van der Waals surface area contributed by atoms with Crippen molar-refractivity contribution in [1.29, 1.82) is 0 Å². The van der Waals surface area contributed by atoms with Crippen LogP contribution in [0.2, 0.25) is 10.0 Å². The summed E-state index contributed by atoms with van der Waals surface area (Å²) in [5, 5.41) is 1.11. The Balaban J connectivity index is 1.99. The van der Waals surface area contributed by atoms with Crippen molar-refractivity contribution >= 4 is 29.2 Å². The summed E-state index contributed by atoms with van der Waals surface area (Å²) in [4.78, 5) is 13.9. The lowest BCUT2D eigenvalue weighted by Gasteiger charge is -2.26. The Morgan fingerprint density at radius 1 is 1.35 bits per heavy atom. The third kappa shape index (κ3) is 3.98. The second-order valence-electron chi connectivity index (χ2n) is 4.70. The van der Waals surface area contributed by atoms with Crippen LogP contribution in [-0.2, 0) is 16.1 Å². The largest absolute Gasteiger partial charge is 0.463 e. The minimum atomic E-state index is -0.216. The number of nitrogens with zero attached hydrogens (tertiary/aromatic N) is 1. The molecule has 0 spiro atoms. The van der Waals surface area contributed by atoms with Crippen molar-refractivity contribution in [2.45, 2.75) is 19.9 Å². The van der Waals surface area contributed by atoms with Crippen LogP contribution >= 0.6 is 23.2 Å². The number of halogens is 2. The van der Waals surface area contributed by atoms with Gasteiger partial charge in [-0.3, -0.25) is 4.90 Å². The molecule has 108 valence electrons. The second kappa shape index (κ2) is 7.11. The topological polar surface area (TPSA) is 29.5 Å². The van der Waals surface area contributed by atoms with Crippen LogP contribution in [0.5, 0.6) is 0 Å². The van der Waals surface area contributed by atoms with Crippen molar-refractivity contribution in [3.63, 3.8) is 0 Å². The van der Waals surface area contributed by atoms with Gasteiger partial charge in [-0.25, -0.2) is 4.79 Å². The standard InChI is InChI=1S/C15H17Cl2NO2/c1-2-20-15(19)12-4-3-7-18(10-12)9-11-5-6-13(16)14(17)8-11/h4-6,8H,2-3,7,9-10H2,1H3. The van der Waals surface area contributed by atoms with Crippen LogP contribution in [0.15, 0.2) is 29.8 Å². The molecule has 0 fully saturated rings. The van der Waals surface area contributed by atoms with E-state index in [0.717, 1.165) is 30.6 Å². The first kappa shape index (κ1) is 15.4. The van der Waals surface area contributed by atoms with Gasteiger partial charge in [0.05, 0.1) is 16.7 Å².